The molecule has 0 unspecified atom stereocenters. The first-order valence-corrected chi connectivity index (χ1v) is 6.41. The van der Waals surface area contributed by atoms with Gasteiger partial charge >= 0.3 is 0 Å². The quantitative estimate of drug-likeness (QED) is 0.777. The van der Waals surface area contributed by atoms with Gasteiger partial charge in [-0.05, 0) is 36.3 Å². The number of carbonyl (C=O) groups excluding carboxylic acids is 1. The highest BCUT2D eigenvalue weighted by atomic mass is 16.2. The third kappa shape index (κ3) is 1.78. The van der Waals surface area contributed by atoms with Gasteiger partial charge in [-0.1, -0.05) is 31.2 Å². The van der Waals surface area contributed by atoms with E-state index in [4.69, 9.17) is 0 Å². The van der Waals surface area contributed by atoms with Gasteiger partial charge < -0.3 is 4.90 Å². The summed E-state index contributed by atoms with van der Waals surface area (Å²) in [7, 11) is 0. The van der Waals surface area contributed by atoms with Gasteiger partial charge in [0, 0.05) is 12.6 Å². The molecule has 0 aromatic heterocycles. The molecule has 17 heavy (non-hydrogen) atoms. The smallest absolute Gasteiger partial charge is 0.251 e. The van der Waals surface area contributed by atoms with Crippen LogP contribution in [0.4, 0.5) is 5.69 Å². The number of nitrogens with zero attached hydrogens (tertiary/aromatic N) is 1. The lowest BCUT2D eigenvalue weighted by Crippen LogP contribution is -2.26. The minimum atomic E-state index is 0.132. The third-order valence-electron chi connectivity index (χ3n) is 3.63. The first-order valence-electron chi connectivity index (χ1n) is 6.41. The van der Waals surface area contributed by atoms with Crippen LogP contribution in [-0.4, -0.2) is 12.5 Å². The second kappa shape index (κ2) is 4.02. The minimum absolute atomic E-state index is 0.132. The Labute approximate surface area is 102 Å². The van der Waals surface area contributed by atoms with Crippen LogP contribution in [0, 0.1) is 0 Å². The molecule has 0 N–H and O–H groups in total. The fourth-order valence-electron chi connectivity index (χ4n) is 2.59. The van der Waals surface area contributed by atoms with Gasteiger partial charge in [-0.2, -0.15) is 0 Å². The number of para-hydroxylation sites is 1. The molecule has 0 saturated heterocycles. The van der Waals surface area contributed by atoms with Crippen LogP contribution in [-0.2, 0) is 11.2 Å². The molecule has 1 aromatic carbocycles. The van der Waals surface area contributed by atoms with Crippen molar-refractivity contribution in [2.75, 3.05) is 11.4 Å². The summed E-state index contributed by atoms with van der Waals surface area (Å²) in [6.45, 7) is 2.89. The number of hydrogen-bond acceptors (Lipinski definition) is 1. The SMILES string of the molecule is CCc1cccc(C2CC2)c1N1CC=CC1=O. The standard InChI is InChI=1S/C15H17NO/c1-2-11-5-3-6-13(12-8-9-12)15(11)16-10-4-7-14(16)17/h3-7,12H,2,8-10H2,1H3. The first-order chi connectivity index (χ1) is 8.31. The van der Waals surface area contributed by atoms with Crippen molar-refractivity contribution in [2.45, 2.75) is 32.1 Å². The van der Waals surface area contributed by atoms with E-state index in [1.165, 1.54) is 29.7 Å². The van der Waals surface area contributed by atoms with E-state index in [-0.39, 0.29) is 5.91 Å². The number of amides is 1. The largest absolute Gasteiger partial charge is 0.304 e. The zero-order valence-corrected chi connectivity index (χ0v) is 10.1. The zero-order valence-electron chi connectivity index (χ0n) is 10.1. The highest BCUT2D eigenvalue weighted by Gasteiger charge is 2.30. The molecular formula is C15H17NO. The van der Waals surface area contributed by atoms with Gasteiger partial charge in [0.15, 0.2) is 0 Å². The lowest BCUT2D eigenvalue weighted by molar-refractivity contribution is -0.113. The van der Waals surface area contributed by atoms with Crippen molar-refractivity contribution in [3.05, 3.63) is 41.5 Å². The van der Waals surface area contributed by atoms with Crippen LogP contribution in [0.3, 0.4) is 0 Å². The average Bonchev–Trinajstić information content (AvgIpc) is 3.11. The molecule has 1 aliphatic carbocycles. The summed E-state index contributed by atoms with van der Waals surface area (Å²) >= 11 is 0. The summed E-state index contributed by atoms with van der Waals surface area (Å²) in [5.74, 6) is 0.817. The topological polar surface area (TPSA) is 20.3 Å². The molecule has 1 heterocycles. The maximum atomic E-state index is 11.9. The molecule has 3 rings (SSSR count). The number of rotatable bonds is 3. The van der Waals surface area contributed by atoms with E-state index in [1.807, 2.05) is 11.0 Å². The summed E-state index contributed by atoms with van der Waals surface area (Å²) in [6, 6.07) is 6.47. The van der Waals surface area contributed by atoms with Crippen molar-refractivity contribution in [1.29, 1.82) is 0 Å². The van der Waals surface area contributed by atoms with E-state index < -0.39 is 0 Å². The van der Waals surface area contributed by atoms with Crippen molar-refractivity contribution >= 4 is 11.6 Å². The van der Waals surface area contributed by atoms with E-state index in [2.05, 4.69) is 25.1 Å². The number of carbonyl (C=O) groups is 1. The Kier molecular flexibility index (Phi) is 2.50. The van der Waals surface area contributed by atoms with Gasteiger partial charge in [0.05, 0.1) is 5.69 Å². The Morgan fingerprint density at radius 1 is 1.35 bits per heavy atom. The Morgan fingerprint density at radius 2 is 2.18 bits per heavy atom. The van der Waals surface area contributed by atoms with E-state index in [0.717, 1.165) is 13.0 Å². The van der Waals surface area contributed by atoms with E-state index >= 15 is 0 Å². The molecule has 0 atom stereocenters. The van der Waals surface area contributed by atoms with Crippen LogP contribution in [0.25, 0.3) is 0 Å². The Hall–Kier alpha value is -1.57. The molecule has 1 aromatic rings. The maximum Gasteiger partial charge on any atom is 0.251 e. The Morgan fingerprint density at radius 3 is 2.76 bits per heavy atom. The van der Waals surface area contributed by atoms with Crippen molar-refractivity contribution in [3.8, 4) is 0 Å². The lowest BCUT2D eigenvalue weighted by atomic mass is 10.0. The van der Waals surface area contributed by atoms with Crippen molar-refractivity contribution in [1.82, 2.24) is 0 Å². The summed E-state index contributed by atoms with van der Waals surface area (Å²) in [6.07, 6.45) is 7.17. The lowest BCUT2D eigenvalue weighted by Gasteiger charge is -2.23. The normalized spacial score (nSPS) is 19.1. The zero-order chi connectivity index (χ0) is 11.8. The second-order valence-corrected chi connectivity index (χ2v) is 4.83. The highest BCUT2D eigenvalue weighted by Crippen LogP contribution is 2.45. The predicted octanol–water partition coefficient (Wildman–Crippen LogP) is 3.03. The van der Waals surface area contributed by atoms with Crippen LogP contribution in [0.2, 0.25) is 0 Å². The van der Waals surface area contributed by atoms with E-state index in [0.29, 0.717) is 5.92 Å². The van der Waals surface area contributed by atoms with Gasteiger partial charge in [-0.25, -0.2) is 0 Å². The number of aryl methyl sites for hydroxylation is 1. The van der Waals surface area contributed by atoms with Crippen LogP contribution in [0.5, 0.6) is 0 Å². The fraction of sp³-hybridized carbons (Fsp3) is 0.400. The molecular weight excluding hydrogens is 210 g/mol. The van der Waals surface area contributed by atoms with Gasteiger partial charge in [-0.3, -0.25) is 4.79 Å². The summed E-state index contributed by atoms with van der Waals surface area (Å²) in [5, 5.41) is 0. The van der Waals surface area contributed by atoms with Crippen molar-refractivity contribution < 1.29 is 4.79 Å². The molecule has 2 nitrogen and oxygen atoms in total. The Bertz CT molecular complexity index is 486. The van der Waals surface area contributed by atoms with Crippen LogP contribution in [0.1, 0.15) is 36.8 Å². The molecule has 1 aliphatic heterocycles. The number of hydrogen-bond donors (Lipinski definition) is 0. The molecule has 0 bridgehead atoms. The summed E-state index contributed by atoms with van der Waals surface area (Å²) in [5.41, 5.74) is 3.86. The second-order valence-electron chi connectivity index (χ2n) is 4.83. The average molecular weight is 227 g/mol. The molecule has 0 radical (unpaired) electrons. The van der Waals surface area contributed by atoms with Gasteiger partial charge in [-0.15, -0.1) is 0 Å². The van der Waals surface area contributed by atoms with Crippen LogP contribution in [0.15, 0.2) is 30.4 Å². The summed E-state index contributed by atoms with van der Waals surface area (Å²) < 4.78 is 0. The number of benzene rings is 1. The highest BCUT2D eigenvalue weighted by molar-refractivity contribution is 6.05. The fourth-order valence-corrected chi connectivity index (χ4v) is 2.59. The first kappa shape index (κ1) is 10.6. The maximum absolute atomic E-state index is 11.9. The van der Waals surface area contributed by atoms with E-state index in [1.54, 1.807) is 6.08 Å². The van der Waals surface area contributed by atoms with Gasteiger partial charge in [0.25, 0.3) is 5.91 Å². The molecule has 1 fully saturated rings. The molecule has 88 valence electrons. The van der Waals surface area contributed by atoms with E-state index in [9.17, 15) is 4.79 Å². The minimum Gasteiger partial charge on any atom is -0.304 e. The monoisotopic (exact) mass is 227 g/mol. The van der Waals surface area contributed by atoms with Gasteiger partial charge in [0.1, 0.15) is 0 Å². The predicted molar refractivity (Wildman–Crippen MR) is 69.3 cm³/mol. The van der Waals surface area contributed by atoms with Gasteiger partial charge in [0.2, 0.25) is 0 Å². The molecule has 0 spiro atoms. The summed E-state index contributed by atoms with van der Waals surface area (Å²) in [4.78, 5) is 13.8. The number of anilines is 1. The third-order valence-corrected chi connectivity index (χ3v) is 3.63. The molecule has 1 amide bonds. The van der Waals surface area contributed by atoms with Crippen molar-refractivity contribution in [2.24, 2.45) is 0 Å². The Balaban J connectivity index is 2.08. The molecule has 1 saturated carbocycles. The molecule has 2 aliphatic rings. The van der Waals surface area contributed by atoms with Crippen LogP contribution >= 0.6 is 0 Å². The van der Waals surface area contributed by atoms with Crippen molar-refractivity contribution in [3.63, 3.8) is 0 Å². The van der Waals surface area contributed by atoms with Crippen LogP contribution < -0.4 is 4.90 Å². The molecule has 2 heteroatoms.